The van der Waals surface area contributed by atoms with Gasteiger partial charge in [-0.05, 0) is 40.5 Å². The Morgan fingerprint density at radius 1 is 1.04 bits per heavy atom. The molecule has 7 heteroatoms. The van der Waals surface area contributed by atoms with E-state index in [1.54, 1.807) is 7.11 Å². The lowest BCUT2D eigenvalue weighted by Crippen LogP contribution is -2.41. The van der Waals surface area contributed by atoms with Crippen molar-refractivity contribution in [3.05, 3.63) is 12.4 Å². The second-order valence-corrected chi connectivity index (χ2v) is 7.18. The van der Waals surface area contributed by atoms with Crippen molar-refractivity contribution in [1.29, 1.82) is 0 Å². The number of nitrogens with zero attached hydrogens (tertiary/aromatic N) is 3. The second-order valence-electron chi connectivity index (χ2n) is 7.18. The molecule has 0 amide bonds. The number of aromatic nitrogens is 2. The lowest BCUT2D eigenvalue weighted by Gasteiger charge is -2.32. The highest BCUT2D eigenvalue weighted by molar-refractivity contribution is 6.61. The average molecular weight is 383 g/mol. The molecule has 3 heterocycles. The van der Waals surface area contributed by atoms with Gasteiger partial charge in [-0.2, -0.15) is 10.2 Å². The van der Waals surface area contributed by atoms with E-state index in [1.165, 1.54) is 0 Å². The first kappa shape index (κ1) is 26.1. The van der Waals surface area contributed by atoms with Gasteiger partial charge in [0.25, 0.3) is 0 Å². The minimum atomic E-state index is -0.335. The Kier molecular flexibility index (Phi) is 10.8. The maximum atomic E-state index is 6.08. The van der Waals surface area contributed by atoms with Crippen LogP contribution in [0.25, 0.3) is 0 Å². The van der Waals surface area contributed by atoms with Gasteiger partial charge in [-0.1, -0.05) is 35.1 Å². The van der Waals surface area contributed by atoms with Crippen molar-refractivity contribution in [1.82, 2.24) is 14.8 Å². The van der Waals surface area contributed by atoms with Gasteiger partial charge in [0.2, 0.25) is 0 Å². The number of hydrogen-bond donors (Lipinski definition) is 0. The van der Waals surface area contributed by atoms with Crippen LogP contribution >= 0.6 is 0 Å². The van der Waals surface area contributed by atoms with Crippen molar-refractivity contribution in [2.24, 2.45) is 0 Å². The van der Waals surface area contributed by atoms with E-state index in [1.807, 2.05) is 43.6 Å². The first-order chi connectivity index (χ1) is 12.3. The van der Waals surface area contributed by atoms with Gasteiger partial charge in [0.15, 0.2) is 0 Å². The summed E-state index contributed by atoms with van der Waals surface area (Å²) in [6, 6.07) is 0.419. The molecular weight excluding hydrogens is 341 g/mol. The summed E-state index contributed by atoms with van der Waals surface area (Å²) < 4.78 is 14.2. The molecule has 0 N–H and O–H groups in total. The van der Waals surface area contributed by atoms with Gasteiger partial charge in [-0.25, -0.2) is 0 Å². The van der Waals surface area contributed by atoms with E-state index in [9.17, 15) is 0 Å². The Morgan fingerprint density at radius 3 is 1.96 bits per heavy atom. The van der Waals surface area contributed by atoms with Crippen LogP contribution in [0, 0.1) is 0 Å². The molecule has 2 aliphatic rings. The smallest absolute Gasteiger partial charge is 0.399 e. The fourth-order valence-corrected chi connectivity index (χ4v) is 2.94. The standard InChI is InChI=1S/C15H26BN3O3.2C2H6.CH4/c1-14(2)15(3,4)22-16(21-14)12-10-17-19(11-12)13-6-8-18(20-5)9-7-13;2*1-2;/h10-11,13H,6-9H2,1-5H3;2*1-2H3;1H4. The van der Waals surface area contributed by atoms with Gasteiger partial charge < -0.3 is 14.1 Å². The molecule has 27 heavy (non-hydrogen) atoms. The zero-order valence-electron chi connectivity index (χ0n) is 18.2. The summed E-state index contributed by atoms with van der Waals surface area (Å²) in [7, 11) is 1.39. The predicted octanol–water partition coefficient (Wildman–Crippen LogP) is 4.07. The Bertz CT molecular complexity index is 510. The van der Waals surface area contributed by atoms with E-state index < -0.39 is 0 Å². The van der Waals surface area contributed by atoms with Crippen LogP contribution in [0.2, 0.25) is 0 Å². The van der Waals surface area contributed by atoms with Gasteiger partial charge in [0, 0.05) is 30.9 Å². The van der Waals surface area contributed by atoms with Gasteiger partial charge >= 0.3 is 7.12 Å². The third-order valence-corrected chi connectivity index (χ3v) is 5.20. The van der Waals surface area contributed by atoms with Crippen molar-refractivity contribution in [3.8, 4) is 0 Å². The minimum Gasteiger partial charge on any atom is -0.399 e. The Hall–Kier alpha value is -0.885. The summed E-state index contributed by atoms with van der Waals surface area (Å²) in [5.41, 5.74) is 0.362. The Balaban J connectivity index is 0.00000127. The molecule has 1 aromatic heterocycles. The molecule has 0 atom stereocenters. The SMILES string of the molecule is C.CC.CC.CON1CCC(n2cc(B3OC(C)(C)C(C)(C)O3)cn2)CC1. The highest BCUT2D eigenvalue weighted by Crippen LogP contribution is 2.36. The van der Waals surface area contributed by atoms with E-state index in [2.05, 4.69) is 39.0 Å². The van der Waals surface area contributed by atoms with Crippen molar-refractivity contribution in [3.63, 3.8) is 0 Å². The Morgan fingerprint density at radius 2 is 1.52 bits per heavy atom. The summed E-state index contributed by atoms with van der Waals surface area (Å²) in [6.07, 6.45) is 6.01. The molecular formula is C20H42BN3O3. The molecule has 0 saturated carbocycles. The molecule has 1 aromatic rings. The van der Waals surface area contributed by atoms with Crippen molar-refractivity contribution >= 4 is 12.6 Å². The molecule has 2 saturated heterocycles. The molecule has 2 fully saturated rings. The van der Waals surface area contributed by atoms with E-state index >= 15 is 0 Å². The van der Waals surface area contributed by atoms with Gasteiger partial charge in [0.05, 0.1) is 24.4 Å². The predicted molar refractivity (Wildman–Crippen MR) is 114 cm³/mol. The van der Waals surface area contributed by atoms with Crippen molar-refractivity contribution in [2.45, 2.75) is 92.9 Å². The highest BCUT2D eigenvalue weighted by atomic mass is 16.7. The Labute approximate surface area is 167 Å². The van der Waals surface area contributed by atoms with Crippen LogP contribution in [-0.2, 0) is 14.1 Å². The monoisotopic (exact) mass is 383 g/mol. The molecule has 2 aliphatic heterocycles. The fourth-order valence-electron chi connectivity index (χ4n) is 2.94. The number of piperidine rings is 1. The highest BCUT2D eigenvalue weighted by Gasteiger charge is 2.52. The number of hydroxylamine groups is 2. The minimum absolute atomic E-state index is 0. The molecule has 0 aliphatic carbocycles. The average Bonchev–Trinajstić information content (AvgIpc) is 3.21. The number of rotatable bonds is 3. The molecule has 158 valence electrons. The van der Waals surface area contributed by atoms with Crippen LogP contribution in [0.1, 0.15) is 81.7 Å². The maximum absolute atomic E-state index is 6.08. The summed E-state index contributed by atoms with van der Waals surface area (Å²) in [6.45, 7) is 18.1. The van der Waals surface area contributed by atoms with Crippen LogP contribution in [0.4, 0.5) is 0 Å². The normalized spacial score (nSPS) is 21.4. The van der Waals surface area contributed by atoms with Gasteiger partial charge in [-0.3, -0.25) is 4.68 Å². The quantitative estimate of drug-likeness (QED) is 0.737. The third kappa shape index (κ3) is 6.05. The molecule has 6 nitrogen and oxygen atoms in total. The van der Waals surface area contributed by atoms with Crippen molar-refractivity contribution in [2.75, 3.05) is 20.2 Å². The molecule has 0 spiro atoms. The van der Waals surface area contributed by atoms with E-state index in [0.29, 0.717) is 6.04 Å². The largest absolute Gasteiger partial charge is 0.498 e. The topological polar surface area (TPSA) is 48.8 Å². The second kappa shape index (κ2) is 11.2. The fraction of sp³-hybridized carbons (Fsp3) is 0.850. The van der Waals surface area contributed by atoms with Crippen LogP contribution in [0.3, 0.4) is 0 Å². The molecule has 0 radical (unpaired) electrons. The molecule has 0 unspecified atom stereocenters. The summed E-state index contributed by atoms with van der Waals surface area (Å²) >= 11 is 0. The number of hydrogen-bond acceptors (Lipinski definition) is 5. The molecule has 3 rings (SSSR count). The van der Waals surface area contributed by atoms with E-state index in [0.717, 1.165) is 31.4 Å². The first-order valence-corrected chi connectivity index (χ1v) is 10.0. The zero-order chi connectivity index (χ0) is 20.0. The van der Waals surface area contributed by atoms with Crippen molar-refractivity contribution < 1.29 is 14.1 Å². The van der Waals surface area contributed by atoms with Crippen LogP contribution in [-0.4, -0.2) is 53.4 Å². The van der Waals surface area contributed by atoms with Crippen LogP contribution in [0.15, 0.2) is 12.4 Å². The maximum Gasteiger partial charge on any atom is 0.498 e. The van der Waals surface area contributed by atoms with Gasteiger partial charge in [-0.15, -0.1) is 0 Å². The molecule has 0 bridgehead atoms. The molecule has 0 aromatic carbocycles. The van der Waals surface area contributed by atoms with Gasteiger partial charge in [0.1, 0.15) is 0 Å². The lowest BCUT2D eigenvalue weighted by molar-refractivity contribution is -0.147. The lowest BCUT2D eigenvalue weighted by atomic mass is 9.82. The van der Waals surface area contributed by atoms with Crippen LogP contribution < -0.4 is 5.46 Å². The van der Waals surface area contributed by atoms with Crippen LogP contribution in [0.5, 0.6) is 0 Å². The third-order valence-electron chi connectivity index (χ3n) is 5.20. The van der Waals surface area contributed by atoms with E-state index in [4.69, 9.17) is 14.1 Å². The summed E-state index contributed by atoms with van der Waals surface area (Å²) in [4.78, 5) is 5.27. The summed E-state index contributed by atoms with van der Waals surface area (Å²) in [5, 5.41) is 6.52. The zero-order valence-corrected chi connectivity index (χ0v) is 18.2. The first-order valence-electron chi connectivity index (χ1n) is 10.0. The summed E-state index contributed by atoms with van der Waals surface area (Å²) in [5.74, 6) is 0. The van der Waals surface area contributed by atoms with E-state index in [-0.39, 0.29) is 25.7 Å².